The highest BCUT2D eigenvalue weighted by atomic mass is 79.9. The summed E-state index contributed by atoms with van der Waals surface area (Å²) in [6.45, 7) is 1.87. The van der Waals surface area contributed by atoms with Gasteiger partial charge in [-0.3, -0.25) is 4.79 Å². The zero-order valence-electron chi connectivity index (χ0n) is 9.44. The number of hydrogen-bond donors (Lipinski definition) is 2. The number of aliphatic carboxylic acids is 1. The van der Waals surface area contributed by atoms with Crippen molar-refractivity contribution in [2.24, 2.45) is 0 Å². The molecule has 0 aliphatic carbocycles. The molecule has 1 heterocycles. The fourth-order valence-electron chi connectivity index (χ4n) is 1.13. The van der Waals surface area contributed by atoms with Gasteiger partial charge in [-0.05, 0) is 39.9 Å². The third-order valence-electron chi connectivity index (χ3n) is 2.10. The van der Waals surface area contributed by atoms with Crippen molar-refractivity contribution in [3.05, 3.63) is 20.8 Å². The van der Waals surface area contributed by atoms with E-state index in [1.54, 1.807) is 18.4 Å². The number of halogens is 1. The molecule has 1 aromatic heterocycles. The molecular formula is C10H13BrN2O3S. The molecule has 0 saturated heterocycles. The predicted molar refractivity (Wildman–Crippen MR) is 69.1 cm³/mol. The number of hydrogen-bond acceptors (Lipinski definition) is 3. The molecule has 0 aliphatic rings. The lowest BCUT2D eigenvalue weighted by molar-refractivity contribution is -0.138. The first-order valence-electron chi connectivity index (χ1n) is 4.87. The summed E-state index contributed by atoms with van der Waals surface area (Å²) in [5.41, 5.74) is 1.00. The summed E-state index contributed by atoms with van der Waals surface area (Å²) in [7, 11) is 1.62. The maximum Gasteiger partial charge on any atom is 0.325 e. The van der Waals surface area contributed by atoms with E-state index in [2.05, 4.69) is 21.2 Å². The molecule has 17 heavy (non-hydrogen) atoms. The Morgan fingerprint density at radius 3 is 2.76 bits per heavy atom. The molecule has 2 amide bonds. The third-order valence-corrected chi connectivity index (χ3v) is 3.65. The number of amides is 2. The molecule has 7 heteroatoms. The Hall–Kier alpha value is -1.08. The van der Waals surface area contributed by atoms with E-state index >= 15 is 0 Å². The maximum atomic E-state index is 11.6. The lowest BCUT2D eigenvalue weighted by Crippen LogP contribution is -2.44. The minimum absolute atomic E-state index is 0.401. The Balaban J connectivity index is 2.50. The molecular weight excluding hydrogens is 308 g/mol. The average Bonchev–Trinajstić information content (AvgIpc) is 2.63. The zero-order valence-corrected chi connectivity index (χ0v) is 11.8. The molecule has 0 bridgehead atoms. The first-order valence-corrected chi connectivity index (χ1v) is 6.54. The number of thiophene rings is 1. The molecule has 2 N–H and O–H groups in total. The second-order valence-corrected chi connectivity index (χ2v) is 5.92. The molecule has 1 atom stereocenters. The third kappa shape index (κ3) is 4.35. The van der Waals surface area contributed by atoms with E-state index in [0.29, 0.717) is 6.54 Å². The van der Waals surface area contributed by atoms with Crippen LogP contribution in [0.2, 0.25) is 0 Å². The van der Waals surface area contributed by atoms with Crippen molar-refractivity contribution >= 4 is 39.3 Å². The number of nitrogens with one attached hydrogen (secondary N) is 1. The Morgan fingerprint density at radius 2 is 2.29 bits per heavy atom. The van der Waals surface area contributed by atoms with Crippen molar-refractivity contribution in [2.75, 3.05) is 7.05 Å². The van der Waals surface area contributed by atoms with Crippen molar-refractivity contribution in [2.45, 2.75) is 19.5 Å². The molecule has 0 aliphatic heterocycles. The van der Waals surface area contributed by atoms with Gasteiger partial charge in [0.1, 0.15) is 6.04 Å². The topological polar surface area (TPSA) is 69.6 Å². The first-order chi connectivity index (χ1) is 7.90. The Bertz CT molecular complexity index is 421. The van der Waals surface area contributed by atoms with Crippen molar-refractivity contribution in [3.8, 4) is 0 Å². The van der Waals surface area contributed by atoms with Gasteiger partial charge in [-0.25, -0.2) is 4.79 Å². The smallest absolute Gasteiger partial charge is 0.325 e. The van der Waals surface area contributed by atoms with Crippen molar-refractivity contribution in [3.63, 3.8) is 0 Å². The quantitative estimate of drug-likeness (QED) is 0.892. The number of carboxylic acid groups (broad SMARTS) is 1. The van der Waals surface area contributed by atoms with Crippen LogP contribution in [0.25, 0.3) is 0 Å². The van der Waals surface area contributed by atoms with Gasteiger partial charge in [0.05, 0.1) is 3.79 Å². The highest BCUT2D eigenvalue weighted by Crippen LogP contribution is 2.21. The summed E-state index contributed by atoms with van der Waals surface area (Å²) >= 11 is 4.88. The van der Waals surface area contributed by atoms with Crippen molar-refractivity contribution in [1.82, 2.24) is 10.2 Å². The van der Waals surface area contributed by atoms with Gasteiger partial charge >= 0.3 is 12.0 Å². The molecule has 0 unspecified atom stereocenters. The normalized spacial score (nSPS) is 11.9. The van der Waals surface area contributed by atoms with Gasteiger partial charge in [0, 0.05) is 13.6 Å². The van der Waals surface area contributed by atoms with E-state index in [-0.39, 0.29) is 0 Å². The van der Waals surface area contributed by atoms with Crippen LogP contribution in [0.15, 0.2) is 15.2 Å². The van der Waals surface area contributed by atoms with Crippen LogP contribution >= 0.6 is 27.3 Å². The highest BCUT2D eigenvalue weighted by Gasteiger charge is 2.17. The maximum absolute atomic E-state index is 11.6. The van der Waals surface area contributed by atoms with Crippen molar-refractivity contribution in [1.29, 1.82) is 0 Å². The minimum Gasteiger partial charge on any atom is -0.480 e. The van der Waals surface area contributed by atoms with Crippen LogP contribution in [0.4, 0.5) is 4.79 Å². The Kier molecular flexibility index (Phi) is 4.95. The van der Waals surface area contributed by atoms with E-state index in [4.69, 9.17) is 5.11 Å². The molecule has 1 aromatic rings. The summed E-state index contributed by atoms with van der Waals surface area (Å²) in [4.78, 5) is 23.6. The summed E-state index contributed by atoms with van der Waals surface area (Å²) in [5, 5.41) is 13.0. The van der Waals surface area contributed by atoms with E-state index in [9.17, 15) is 9.59 Å². The monoisotopic (exact) mass is 320 g/mol. The van der Waals surface area contributed by atoms with Gasteiger partial charge in [0.25, 0.3) is 0 Å². The number of carbonyl (C=O) groups excluding carboxylic acids is 1. The Morgan fingerprint density at radius 1 is 1.65 bits per heavy atom. The van der Waals surface area contributed by atoms with Crippen LogP contribution in [-0.2, 0) is 11.3 Å². The Labute approximate surface area is 112 Å². The number of carboxylic acids is 1. The van der Waals surface area contributed by atoms with E-state index < -0.39 is 18.0 Å². The SMILES string of the molecule is C[C@@H](NC(=O)N(C)Cc1csc(Br)c1)C(=O)O. The first kappa shape index (κ1) is 14.0. The number of rotatable bonds is 4. The van der Waals surface area contributed by atoms with E-state index in [0.717, 1.165) is 9.35 Å². The minimum atomic E-state index is -1.05. The second kappa shape index (κ2) is 6.02. The predicted octanol–water partition coefficient (Wildman–Crippen LogP) is 2.13. The summed E-state index contributed by atoms with van der Waals surface area (Å²) in [6, 6.07) is 0.635. The second-order valence-electron chi connectivity index (χ2n) is 3.62. The van der Waals surface area contributed by atoms with E-state index in [1.165, 1.54) is 11.8 Å². The summed E-state index contributed by atoms with van der Waals surface area (Å²) in [5.74, 6) is -1.05. The standard InChI is InChI=1S/C10H13BrN2O3S/c1-6(9(14)15)12-10(16)13(2)4-7-3-8(11)17-5-7/h3,5-6H,4H2,1-2H3,(H,12,16)(H,14,15)/t6-/m1/s1. The van der Waals surface area contributed by atoms with Crippen LogP contribution in [0.5, 0.6) is 0 Å². The molecule has 1 rings (SSSR count). The number of urea groups is 1. The number of carbonyl (C=O) groups is 2. The van der Waals surface area contributed by atoms with E-state index in [1.807, 2.05) is 11.4 Å². The van der Waals surface area contributed by atoms with Gasteiger partial charge in [-0.15, -0.1) is 11.3 Å². The van der Waals surface area contributed by atoms with Gasteiger partial charge in [0.2, 0.25) is 0 Å². The van der Waals surface area contributed by atoms with Crippen LogP contribution in [0.3, 0.4) is 0 Å². The molecule has 94 valence electrons. The molecule has 0 spiro atoms. The summed E-state index contributed by atoms with van der Waals surface area (Å²) < 4.78 is 1.00. The van der Waals surface area contributed by atoms with Gasteiger partial charge in [-0.2, -0.15) is 0 Å². The highest BCUT2D eigenvalue weighted by molar-refractivity contribution is 9.11. The molecule has 0 fully saturated rings. The molecule has 0 aromatic carbocycles. The van der Waals surface area contributed by atoms with Gasteiger partial charge < -0.3 is 15.3 Å². The fourth-order valence-corrected chi connectivity index (χ4v) is 2.33. The summed E-state index contributed by atoms with van der Waals surface area (Å²) in [6.07, 6.45) is 0. The number of nitrogens with zero attached hydrogens (tertiary/aromatic N) is 1. The molecule has 0 saturated carbocycles. The molecule has 0 radical (unpaired) electrons. The van der Waals surface area contributed by atoms with Crippen LogP contribution in [-0.4, -0.2) is 35.1 Å². The lowest BCUT2D eigenvalue weighted by atomic mass is 10.3. The average molecular weight is 321 g/mol. The van der Waals surface area contributed by atoms with Crippen LogP contribution in [0, 0.1) is 0 Å². The van der Waals surface area contributed by atoms with Gasteiger partial charge in [0.15, 0.2) is 0 Å². The van der Waals surface area contributed by atoms with Crippen LogP contribution in [0.1, 0.15) is 12.5 Å². The largest absolute Gasteiger partial charge is 0.480 e. The zero-order chi connectivity index (χ0) is 13.0. The fraction of sp³-hybridized carbons (Fsp3) is 0.400. The molecule has 5 nitrogen and oxygen atoms in total. The lowest BCUT2D eigenvalue weighted by Gasteiger charge is -2.19. The van der Waals surface area contributed by atoms with Gasteiger partial charge in [-0.1, -0.05) is 0 Å². The van der Waals surface area contributed by atoms with Crippen molar-refractivity contribution < 1.29 is 14.7 Å². The van der Waals surface area contributed by atoms with Crippen LogP contribution < -0.4 is 5.32 Å².